The predicted molar refractivity (Wildman–Crippen MR) is 79.0 cm³/mol. The van der Waals surface area contributed by atoms with Crippen molar-refractivity contribution in [2.45, 2.75) is 13.8 Å². The molecule has 3 N–H and O–H groups in total. The number of rotatable bonds is 9. The summed E-state index contributed by atoms with van der Waals surface area (Å²) >= 11 is 0. The van der Waals surface area contributed by atoms with Crippen LogP contribution in [0.2, 0.25) is 0 Å². The first-order valence-corrected chi connectivity index (χ1v) is 6.96. The lowest BCUT2D eigenvalue weighted by molar-refractivity contribution is 0.0932. The molecule has 0 saturated carbocycles. The van der Waals surface area contributed by atoms with Crippen molar-refractivity contribution in [2.75, 3.05) is 32.9 Å². The molecular weight excluding hydrogens is 256 g/mol. The van der Waals surface area contributed by atoms with Crippen LogP contribution in [0.3, 0.4) is 0 Å². The van der Waals surface area contributed by atoms with Crippen LogP contribution in [0.1, 0.15) is 24.2 Å². The van der Waals surface area contributed by atoms with Crippen LogP contribution in [-0.4, -0.2) is 38.8 Å². The van der Waals surface area contributed by atoms with Crippen LogP contribution in [0.5, 0.6) is 5.75 Å². The molecule has 1 amide bonds. The number of amides is 1. The Morgan fingerprint density at radius 1 is 1.35 bits per heavy atom. The smallest absolute Gasteiger partial charge is 0.255 e. The topological polar surface area (TPSA) is 73.6 Å². The van der Waals surface area contributed by atoms with Crippen LogP contribution < -0.4 is 15.8 Å². The minimum absolute atomic E-state index is 0.141. The summed E-state index contributed by atoms with van der Waals surface area (Å²) in [7, 11) is 0. The number of nitrogens with one attached hydrogen (secondary N) is 1. The van der Waals surface area contributed by atoms with E-state index in [1.807, 2.05) is 26.0 Å². The second-order valence-electron chi connectivity index (χ2n) is 4.59. The monoisotopic (exact) mass is 280 g/mol. The summed E-state index contributed by atoms with van der Waals surface area (Å²) in [5.41, 5.74) is 6.07. The minimum atomic E-state index is -0.141. The van der Waals surface area contributed by atoms with E-state index in [1.54, 1.807) is 12.1 Å². The van der Waals surface area contributed by atoms with Crippen LogP contribution in [0.15, 0.2) is 24.3 Å². The first-order chi connectivity index (χ1) is 9.69. The van der Waals surface area contributed by atoms with Gasteiger partial charge >= 0.3 is 0 Å². The van der Waals surface area contributed by atoms with Crippen molar-refractivity contribution >= 4 is 5.91 Å². The Morgan fingerprint density at radius 2 is 2.10 bits per heavy atom. The SMILES string of the molecule is CCOCCOc1ccccc1C(=O)NCC(C)CN. The number of ether oxygens (including phenoxy) is 2. The Bertz CT molecular complexity index is 410. The molecule has 0 aromatic heterocycles. The molecule has 1 unspecified atom stereocenters. The second-order valence-corrected chi connectivity index (χ2v) is 4.59. The number of para-hydroxylation sites is 1. The molecule has 20 heavy (non-hydrogen) atoms. The highest BCUT2D eigenvalue weighted by molar-refractivity contribution is 5.96. The number of nitrogens with two attached hydrogens (primary N) is 1. The fourth-order valence-electron chi connectivity index (χ4n) is 1.58. The lowest BCUT2D eigenvalue weighted by Gasteiger charge is -2.13. The minimum Gasteiger partial charge on any atom is -0.490 e. The van der Waals surface area contributed by atoms with Crippen molar-refractivity contribution in [1.82, 2.24) is 5.32 Å². The summed E-state index contributed by atoms with van der Waals surface area (Å²) in [6, 6.07) is 7.19. The normalized spacial score (nSPS) is 11.9. The standard InChI is InChI=1S/C15H24N2O3/c1-3-19-8-9-20-14-7-5-4-6-13(14)15(18)17-11-12(2)10-16/h4-7,12H,3,8-11,16H2,1-2H3,(H,17,18). The van der Waals surface area contributed by atoms with Gasteiger partial charge in [0, 0.05) is 13.2 Å². The van der Waals surface area contributed by atoms with E-state index in [9.17, 15) is 4.79 Å². The highest BCUT2D eigenvalue weighted by atomic mass is 16.5. The van der Waals surface area contributed by atoms with Gasteiger partial charge in [0.25, 0.3) is 5.91 Å². The Labute approximate surface area is 120 Å². The Morgan fingerprint density at radius 3 is 2.80 bits per heavy atom. The first kappa shape index (κ1) is 16.5. The van der Waals surface area contributed by atoms with Crippen molar-refractivity contribution in [3.05, 3.63) is 29.8 Å². The van der Waals surface area contributed by atoms with Crippen molar-refractivity contribution in [3.8, 4) is 5.75 Å². The summed E-state index contributed by atoms with van der Waals surface area (Å²) in [6.07, 6.45) is 0. The quantitative estimate of drug-likeness (QED) is 0.671. The molecule has 0 bridgehead atoms. The van der Waals surface area contributed by atoms with Gasteiger partial charge in [0.1, 0.15) is 12.4 Å². The van der Waals surface area contributed by atoms with Crippen molar-refractivity contribution in [2.24, 2.45) is 11.7 Å². The molecule has 0 fully saturated rings. The van der Waals surface area contributed by atoms with Gasteiger partial charge in [-0.25, -0.2) is 0 Å². The average molecular weight is 280 g/mol. The van der Waals surface area contributed by atoms with E-state index in [0.29, 0.717) is 44.2 Å². The maximum absolute atomic E-state index is 12.1. The third-order valence-electron chi connectivity index (χ3n) is 2.83. The highest BCUT2D eigenvalue weighted by Gasteiger charge is 2.12. The zero-order valence-corrected chi connectivity index (χ0v) is 12.2. The maximum atomic E-state index is 12.1. The van der Waals surface area contributed by atoms with E-state index in [0.717, 1.165) is 0 Å². The molecule has 5 nitrogen and oxygen atoms in total. The van der Waals surface area contributed by atoms with E-state index in [4.69, 9.17) is 15.2 Å². The fraction of sp³-hybridized carbons (Fsp3) is 0.533. The molecule has 0 heterocycles. The summed E-state index contributed by atoms with van der Waals surface area (Å²) in [4.78, 5) is 12.1. The lowest BCUT2D eigenvalue weighted by atomic mass is 10.1. The molecule has 1 atom stereocenters. The van der Waals surface area contributed by atoms with Crippen molar-refractivity contribution in [3.63, 3.8) is 0 Å². The molecule has 0 aliphatic carbocycles. The van der Waals surface area contributed by atoms with E-state index in [-0.39, 0.29) is 11.8 Å². The Kier molecular flexibility index (Phi) is 7.69. The van der Waals surface area contributed by atoms with Gasteiger partial charge in [-0.3, -0.25) is 4.79 Å². The summed E-state index contributed by atoms with van der Waals surface area (Å²) < 4.78 is 10.8. The van der Waals surface area contributed by atoms with Gasteiger partial charge in [0.05, 0.1) is 12.2 Å². The molecule has 112 valence electrons. The van der Waals surface area contributed by atoms with E-state index >= 15 is 0 Å². The Hall–Kier alpha value is -1.59. The first-order valence-electron chi connectivity index (χ1n) is 6.96. The van der Waals surface area contributed by atoms with Gasteiger partial charge in [0.15, 0.2) is 0 Å². The van der Waals surface area contributed by atoms with Crippen molar-refractivity contribution < 1.29 is 14.3 Å². The highest BCUT2D eigenvalue weighted by Crippen LogP contribution is 2.17. The van der Waals surface area contributed by atoms with E-state index in [1.165, 1.54) is 0 Å². The van der Waals surface area contributed by atoms with Crippen LogP contribution in [0.4, 0.5) is 0 Å². The van der Waals surface area contributed by atoms with Crippen molar-refractivity contribution in [1.29, 1.82) is 0 Å². The van der Waals surface area contributed by atoms with Gasteiger partial charge in [-0.15, -0.1) is 0 Å². The lowest BCUT2D eigenvalue weighted by Crippen LogP contribution is -2.31. The number of benzene rings is 1. The number of carbonyl (C=O) groups excluding carboxylic acids is 1. The number of hydrogen-bond acceptors (Lipinski definition) is 4. The van der Waals surface area contributed by atoms with E-state index < -0.39 is 0 Å². The van der Waals surface area contributed by atoms with Gasteiger partial charge in [0.2, 0.25) is 0 Å². The largest absolute Gasteiger partial charge is 0.490 e. The third-order valence-corrected chi connectivity index (χ3v) is 2.83. The van der Waals surface area contributed by atoms with Crippen LogP contribution in [-0.2, 0) is 4.74 Å². The zero-order valence-electron chi connectivity index (χ0n) is 12.2. The maximum Gasteiger partial charge on any atom is 0.255 e. The predicted octanol–water partition coefficient (Wildman–Crippen LogP) is 1.43. The molecule has 1 aromatic rings. The molecule has 0 spiro atoms. The molecule has 0 aliphatic rings. The number of carbonyl (C=O) groups is 1. The summed E-state index contributed by atoms with van der Waals surface area (Å²) in [6.45, 7) is 6.62. The van der Waals surface area contributed by atoms with Gasteiger partial charge in [-0.1, -0.05) is 19.1 Å². The fourth-order valence-corrected chi connectivity index (χ4v) is 1.58. The molecule has 5 heteroatoms. The third kappa shape index (κ3) is 5.59. The molecular formula is C15H24N2O3. The average Bonchev–Trinajstić information content (AvgIpc) is 2.49. The van der Waals surface area contributed by atoms with Crippen LogP contribution in [0.25, 0.3) is 0 Å². The second kappa shape index (κ2) is 9.34. The zero-order chi connectivity index (χ0) is 14.8. The number of hydrogen-bond donors (Lipinski definition) is 2. The summed E-state index contributed by atoms with van der Waals surface area (Å²) in [5, 5.41) is 2.86. The molecule has 0 aliphatic heterocycles. The van der Waals surface area contributed by atoms with E-state index in [2.05, 4.69) is 5.32 Å². The van der Waals surface area contributed by atoms with Crippen LogP contribution in [0, 0.1) is 5.92 Å². The summed E-state index contributed by atoms with van der Waals surface area (Å²) in [5.74, 6) is 0.687. The molecule has 1 rings (SSSR count). The molecule has 0 saturated heterocycles. The van der Waals surface area contributed by atoms with Gasteiger partial charge < -0.3 is 20.5 Å². The molecule has 0 radical (unpaired) electrons. The van der Waals surface area contributed by atoms with Crippen LogP contribution >= 0.6 is 0 Å². The van der Waals surface area contributed by atoms with Gasteiger partial charge in [-0.05, 0) is 31.5 Å². The molecule has 1 aromatic carbocycles. The van der Waals surface area contributed by atoms with Gasteiger partial charge in [-0.2, -0.15) is 0 Å². The Balaban J connectivity index is 2.57.